The third-order valence-corrected chi connectivity index (χ3v) is 4.52. The molecule has 0 spiro atoms. The molecular formula is C17H35NO. The number of aliphatic hydroxyl groups excluding tert-OH is 1. The third-order valence-electron chi connectivity index (χ3n) is 4.52. The molecule has 0 saturated heterocycles. The summed E-state index contributed by atoms with van der Waals surface area (Å²) in [5.41, 5.74) is 0.363. The van der Waals surface area contributed by atoms with Gasteiger partial charge in [-0.25, -0.2) is 0 Å². The second kappa shape index (κ2) is 8.97. The molecule has 1 rings (SSSR count). The van der Waals surface area contributed by atoms with E-state index in [0.717, 1.165) is 25.4 Å². The fourth-order valence-corrected chi connectivity index (χ4v) is 3.23. The quantitative estimate of drug-likeness (QED) is 0.585. The fourth-order valence-electron chi connectivity index (χ4n) is 3.23. The average molecular weight is 269 g/mol. The molecule has 0 heterocycles. The maximum Gasteiger partial charge on any atom is 0.0667 e. The first-order valence-electron chi connectivity index (χ1n) is 8.42. The zero-order chi connectivity index (χ0) is 14.1. The molecule has 114 valence electrons. The normalized spacial score (nSPS) is 18.9. The first-order valence-corrected chi connectivity index (χ1v) is 8.42. The van der Waals surface area contributed by atoms with Crippen LogP contribution in [0.15, 0.2) is 0 Å². The molecule has 2 nitrogen and oxygen atoms in total. The molecule has 1 aliphatic rings. The zero-order valence-corrected chi connectivity index (χ0v) is 13.4. The highest BCUT2D eigenvalue weighted by molar-refractivity contribution is 4.75. The van der Waals surface area contributed by atoms with E-state index >= 15 is 0 Å². The number of nitrogens with one attached hydrogen (secondary N) is 1. The predicted molar refractivity (Wildman–Crippen MR) is 83.4 cm³/mol. The van der Waals surface area contributed by atoms with Gasteiger partial charge in [-0.1, -0.05) is 65.7 Å². The maximum absolute atomic E-state index is 10.1. The second-order valence-corrected chi connectivity index (χ2v) is 7.29. The van der Waals surface area contributed by atoms with E-state index in [1.807, 2.05) is 0 Å². The zero-order valence-electron chi connectivity index (χ0n) is 13.4. The van der Waals surface area contributed by atoms with Gasteiger partial charge < -0.3 is 10.4 Å². The Morgan fingerprint density at radius 3 is 2.53 bits per heavy atom. The van der Waals surface area contributed by atoms with Crippen LogP contribution in [0.5, 0.6) is 0 Å². The molecule has 2 N–H and O–H groups in total. The van der Waals surface area contributed by atoms with Crippen LogP contribution in [0.4, 0.5) is 0 Å². The minimum atomic E-state index is -0.144. The molecule has 19 heavy (non-hydrogen) atoms. The Morgan fingerprint density at radius 1 is 1.21 bits per heavy atom. The summed E-state index contributed by atoms with van der Waals surface area (Å²) >= 11 is 0. The summed E-state index contributed by atoms with van der Waals surface area (Å²) in [4.78, 5) is 0. The Morgan fingerprint density at radius 2 is 1.89 bits per heavy atom. The van der Waals surface area contributed by atoms with Crippen LogP contribution in [0.1, 0.15) is 78.6 Å². The standard InChI is InChI=1S/C17H35NO/c1-4-5-8-11-17(2,3)14-18-13-16(19)12-15-9-6-7-10-15/h15-16,18-19H,4-14H2,1-3H3. The number of unbranched alkanes of at least 4 members (excludes halogenated alkanes) is 2. The van der Waals surface area contributed by atoms with Crippen molar-refractivity contribution in [3.63, 3.8) is 0 Å². The molecule has 1 unspecified atom stereocenters. The molecule has 0 aromatic heterocycles. The van der Waals surface area contributed by atoms with Crippen LogP contribution in [0.2, 0.25) is 0 Å². The highest BCUT2D eigenvalue weighted by Gasteiger charge is 2.20. The number of rotatable bonds is 10. The van der Waals surface area contributed by atoms with Gasteiger partial charge in [-0.15, -0.1) is 0 Å². The van der Waals surface area contributed by atoms with Crippen LogP contribution < -0.4 is 5.32 Å². The monoisotopic (exact) mass is 269 g/mol. The molecule has 0 bridgehead atoms. The highest BCUT2D eigenvalue weighted by Crippen LogP contribution is 2.28. The van der Waals surface area contributed by atoms with Crippen LogP contribution >= 0.6 is 0 Å². The van der Waals surface area contributed by atoms with Gasteiger partial charge in [-0.2, -0.15) is 0 Å². The lowest BCUT2D eigenvalue weighted by Gasteiger charge is -2.26. The smallest absolute Gasteiger partial charge is 0.0667 e. The summed E-state index contributed by atoms with van der Waals surface area (Å²) in [5, 5.41) is 13.5. The van der Waals surface area contributed by atoms with Gasteiger partial charge in [0.15, 0.2) is 0 Å². The summed E-state index contributed by atoms with van der Waals surface area (Å²) in [5.74, 6) is 0.786. The SMILES string of the molecule is CCCCCC(C)(C)CNCC(O)CC1CCCC1. The molecule has 1 saturated carbocycles. The van der Waals surface area contributed by atoms with Crippen molar-refractivity contribution in [3.05, 3.63) is 0 Å². The Kier molecular flexibility index (Phi) is 8.01. The van der Waals surface area contributed by atoms with E-state index in [1.54, 1.807) is 0 Å². The maximum atomic E-state index is 10.1. The Balaban J connectivity index is 2.07. The van der Waals surface area contributed by atoms with Gasteiger partial charge in [0.25, 0.3) is 0 Å². The molecule has 1 fully saturated rings. The predicted octanol–water partition coefficient (Wildman–Crippen LogP) is 4.12. The molecule has 1 aliphatic carbocycles. The van der Waals surface area contributed by atoms with Crippen LogP contribution in [-0.2, 0) is 0 Å². The van der Waals surface area contributed by atoms with E-state index in [2.05, 4.69) is 26.1 Å². The van der Waals surface area contributed by atoms with Crippen LogP contribution in [0.3, 0.4) is 0 Å². The average Bonchev–Trinajstić information content (AvgIpc) is 2.81. The van der Waals surface area contributed by atoms with Gasteiger partial charge in [-0.05, 0) is 24.2 Å². The molecule has 0 amide bonds. The lowest BCUT2D eigenvalue weighted by Crippen LogP contribution is -2.35. The summed E-state index contributed by atoms with van der Waals surface area (Å²) in [6.45, 7) is 8.72. The first-order chi connectivity index (χ1) is 9.03. The fraction of sp³-hybridized carbons (Fsp3) is 1.00. The van der Waals surface area contributed by atoms with Crippen molar-refractivity contribution in [1.82, 2.24) is 5.32 Å². The summed E-state index contributed by atoms with van der Waals surface area (Å²) < 4.78 is 0. The van der Waals surface area contributed by atoms with Crippen LogP contribution in [0.25, 0.3) is 0 Å². The van der Waals surface area contributed by atoms with Gasteiger partial charge in [0, 0.05) is 13.1 Å². The Bertz CT molecular complexity index is 221. The van der Waals surface area contributed by atoms with E-state index < -0.39 is 0 Å². The van der Waals surface area contributed by atoms with E-state index in [-0.39, 0.29) is 6.10 Å². The van der Waals surface area contributed by atoms with Crippen LogP contribution in [0, 0.1) is 11.3 Å². The molecule has 0 aromatic carbocycles. The molecule has 0 radical (unpaired) electrons. The molecule has 1 atom stereocenters. The van der Waals surface area contributed by atoms with Crippen molar-refractivity contribution < 1.29 is 5.11 Å². The van der Waals surface area contributed by atoms with Crippen molar-refractivity contribution in [2.75, 3.05) is 13.1 Å². The Hall–Kier alpha value is -0.0800. The van der Waals surface area contributed by atoms with Crippen molar-refractivity contribution in [1.29, 1.82) is 0 Å². The summed E-state index contributed by atoms with van der Waals surface area (Å²) in [6, 6.07) is 0. The second-order valence-electron chi connectivity index (χ2n) is 7.29. The van der Waals surface area contributed by atoms with Crippen molar-refractivity contribution in [3.8, 4) is 0 Å². The largest absolute Gasteiger partial charge is 0.392 e. The molecular weight excluding hydrogens is 234 g/mol. The highest BCUT2D eigenvalue weighted by atomic mass is 16.3. The van der Waals surface area contributed by atoms with Crippen LogP contribution in [-0.4, -0.2) is 24.3 Å². The Labute approximate surface area is 120 Å². The van der Waals surface area contributed by atoms with E-state index in [1.165, 1.54) is 51.4 Å². The van der Waals surface area contributed by atoms with Gasteiger partial charge in [0.1, 0.15) is 0 Å². The van der Waals surface area contributed by atoms with Gasteiger partial charge in [0.05, 0.1) is 6.10 Å². The van der Waals surface area contributed by atoms with Gasteiger partial charge >= 0.3 is 0 Å². The lowest BCUT2D eigenvalue weighted by molar-refractivity contribution is 0.135. The summed E-state index contributed by atoms with van der Waals surface area (Å²) in [6.07, 6.45) is 11.5. The van der Waals surface area contributed by atoms with Gasteiger partial charge in [-0.3, -0.25) is 0 Å². The number of hydrogen-bond donors (Lipinski definition) is 2. The molecule has 0 aromatic rings. The number of aliphatic hydroxyl groups is 1. The third kappa shape index (κ3) is 7.94. The van der Waals surface area contributed by atoms with E-state index in [0.29, 0.717) is 5.41 Å². The topological polar surface area (TPSA) is 32.3 Å². The van der Waals surface area contributed by atoms with Crippen molar-refractivity contribution >= 4 is 0 Å². The van der Waals surface area contributed by atoms with E-state index in [4.69, 9.17) is 0 Å². The summed E-state index contributed by atoms with van der Waals surface area (Å²) in [7, 11) is 0. The van der Waals surface area contributed by atoms with Crippen molar-refractivity contribution in [2.45, 2.75) is 84.7 Å². The molecule has 0 aliphatic heterocycles. The minimum absolute atomic E-state index is 0.144. The first kappa shape index (κ1) is 17.0. The molecule has 2 heteroatoms. The van der Waals surface area contributed by atoms with Crippen molar-refractivity contribution in [2.24, 2.45) is 11.3 Å². The minimum Gasteiger partial charge on any atom is -0.392 e. The lowest BCUT2D eigenvalue weighted by atomic mass is 9.87. The van der Waals surface area contributed by atoms with E-state index in [9.17, 15) is 5.11 Å². The van der Waals surface area contributed by atoms with Gasteiger partial charge in [0.2, 0.25) is 0 Å². The number of hydrogen-bond acceptors (Lipinski definition) is 2.